The smallest absolute Gasteiger partial charge is 0.303 e. The van der Waals surface area contributed by atoms with Crippen molar-refractivity contribution >= 4 is 35.6 Å². The molecule has 0 amide bonds. The summed E-state index contributed by atoms with van der Waals surface area (Å²) < 4.78 is 15.8. The number of esters is 3. The average molecular weight is 362 g/mol. The van der Waals surface area contributed by atoms with Crippen molar-refractivity contribution in [1.29, 1.82) is 0 Å². The van der Waals surface area contributed by atoms with Gasteiger partial charge >= 0.3 is 23.9 Å². The van der Waals surface area contributed by atoms with Crippen LogP contribution in [0.1, 0.15) is 40.5 Å². The van der Waals surface area contributed by atoms with Gasteiger partial charge in [0, 0.05) is 37.7 Å². The minimum Gasteiger partial charge on any atom is -0.481 e. The molecule has 136 valence electrons. The Morgan fingerprint density at radius 2 is 1.33 bits per heavy atom. The van der Waals surface area contributed by atoms with Gasteiger partial charge in [-0.2, -0.15) is 0 Å². The molecule has 1 N–H and O–H groups in total. The van der Waals surface area contributed by atoms with Crippen molar-refractivity contribution in [1.82, 2.24) is 0 Å². The molecule has 1 fully saturated rings. The van der Waals surface area contributed by atoms with Gasteiger partial charge in [-0.3, -0.25) is 19.2 Å². The van der Waals surface area contributed by atoms with Gasteiger partial charge in [0.25, 0.3) is 0 Å². The predicted octanol–water partition coefficient (Wildman–Crippen LogP) is 1.15. The maximum atomic E-state index is 11.4. The SMILES string of the molecule is CC(=O)O[C@@H]1[C@H](OC(C)=O)[C@H](C)S[C@H](CCC(=O)O)[C@H]1OC(C)=O. The molecular formula is C15H22O8S. The van der Waals surface area contributed by atoms with E-state index in [0.29, 0.717) is 0 Å². The molecule has 0 aromatic rings. The van der Waals surface area contributed by atoms with Gasteiger partial charge in [-0.25, -0.2) is 0 Å². The van der Waals surface area contributed by atoms with Gasteiger partial charge in [0.1, 0.15) is 0 Å². The van der Waals surface area contributed by atoms with Crippen LogP contribution >= 0.6 is 11.8 Å². The van der Waals surface area contributed by atoms with Crippen LogP contribution in [0.15, 0.2) is 0 Å². The van der Waals surface area contributed by atoms with Gasteiger partial charge in [0.2, 0.25) is 0 Å². The highest BCUT2D eigenvalue weighted by molar-refractivity contribution is 8.00. The van der Waals surface area contributed by atoms with E-state index < -0.39 is 47.4 Å². The molecule has 0 aliphatic carbocycles. The first-order valence-corrected chi connectivity index (χ1v) is 8.45. The van der Waals surface area contributed by atoms with E-state index in [1.54, 1.807) is 6.92 Å². The number of carboxylic acids is 1. The van der Waals surface area contributed by atoms with Gasteiger partial charge in [0.05, 0.1) is 0 Å². The first kappa shape index (κ1) is 20.3. The summed E-state index contributed by atoms with van der Waals surface area (Å²) in [4.78, 5) is 45.1. The number of ether oxygens (including phenoxy) is 3. The fourth-order valence-electron chi connectivity index (χ4n) is 2.61. The summed E-state index contributed by atoms with van der Waals surface area (Å²) >= 11 is 1.35. The third-order valence-electron chi connectivity index (χ3n) is 3.41. The predicted molar refractivity (Wildman–Crippen MR) is 84.4 cm³/mol. The number of carboxylic acid groups (broad SMARTS) is 1. The highest BCUT2D eigenvalue weighted by Crippen LogP contribution is 2.39. The number of rotatable bonds is 6. The van der Waals surface area contributed by atoms with E-state index in [-0.39, 0.29) is 18.1 Å². The molecule has 0 saturated carbocycles. The number of carbonyl (C=O) groups is 4. The van der Waals surface area contributed by atoms with Crippen LogP contribution in [0.4, 0.5) is 0 Å². The Hall–Kier alpha value is -1.77. The highest BCUT2D eigenvalue weighted by atomic mass is 32.2. The molecule has 1 aliphatic heterocycles. The minimum absolute atomic E-state index is 0.118. The van der Waals surface area contributed by atoms with Crippen LogP contribution in [0.5, 0.6) is 0 Å². The maximum Gasteiger partial charge on any atom is 0.303 e. The Bertz CT molecular complexity index is 506. The Balaban J connectivity index is 3.11. The van der Waals surface area contributed by atoms with E-state index in [1.165, 1.54) is 32.5 Å². The van der Waals surface area contributed by atoms with Gasteiger partial charge < -0.3 is 19.3 Å². The fourth-order valence-corrected chi connectivity index (χ4v) is 4.15. The van der Waals surface area contributed by atoms with Crippen molar-refractivity contribution in [2.75, 3.05) is 0 Å². The van der Waals surface area contributed by atoms with Crippen molar-refractivity contribution in [3.05, 3.63) is 0 Å². The Morgan fingerprint density at radius 3 is 1.79 bits per heavy atom. The molecule has 5 atom stereocenters. The van der Waals surface area contributed by atoms with E-state index in [1.807, 2.05) is 0 Å². The van der Waals surface area contributed by atoms with E-state index in [2.05, 4.69) is 0 Å². The molecule has 24 heavy (non-hydrogen) atoms. The Morgan fingerprint density at radius 1 is 0.875 bits per heavy atom. The average Bonchev–Trinajstić information content (AvgIpc) is 2.42. The molecule has 0 radical (unpaired) electrons. The second-order valence-corrected chi connectivity index (χ2v) is 7.16. The van der Waals surface area contributed by atoms with Crippen molar-refractivity contribution < 1.29 is 38.5 Å². The molecule has 0 spiro atoms. The fraction of sp³-hybridized carbons (Fsp3) is 0.733. The van der Waals surface area contributed by atoms with Crippen LogP contribution < -0.4 is 0 Å². The molecule has 1 rings (SSSR count). The lowest BCUT2D eigenvalue weighted by Gasteiger charge is -2.43. The van der Waals surface area contributed by atoms with Gasteiger partial charge in [-0.15, -0.1) is 11.8 Å². The summed E-state index contributed by atoms with van der Waals surface area (Å²) in [5, 5.41) is 8.24. The molecule has 1 heterocycles. The molecule has 0 unspecified atom stereocenters. The van der Waals surface area contributed by atoms with Crippen LogP contribution in [0.2, 0.25) is 0 Å². The van der Waals surface area contributed by atoms with Crippen molar-refractivity contribution in [3.8, 4) is 0 Å². The lowest BCUT2D eigenvalue weighted by Crippen LogP contribution is -2.57. The summed E-state index contributed by atoms with van der Waals surface area (Å²) in [6, 6.07) is 0. The summed E-state index contributed by atoms with van der Waals surface area (Å²) in [5.74, 6) is -2.72. The summed E-state index contributed by atoms with van der Waals surface area (Å²) in [7, 11) is 0. The first-order chi connectivity index (χ1) is 11.1. The zero-order valence-corrected chi connectivity index (χ0v) is 14.8. The van der Waals surface area contributed by atoms with E-state index >= 15 is 0 Å². The van der Waals surface area contributed by atoms with Crippen LogP contribution in [0, 0.1) is 0 Å². The molecule has 9 heteroatoms. The molecule has 1 aliphatic rings. The Labute approximate surface area is 144 Å². The van der Waals surface area contributed by atoms with Crippen molar-refractivity contribution in [2.24, 2.45) is 0 Å². The molecule has 1 saturated heterocycles. The Kier molecular flexibility index (Phi) is 7.53. The zero-order chi connectivity index (χ0) is 18.4. The van der Waals surface area contributed by atoms with Gasteiger partial charge in [-0.1, -0.05) is 0 Å². The summed E-state index contributed by atoms with van der Waals surface area (Å²) in [5.41, 5.74) is 0. The van der Waals surface area contributed by atoms with Crippen LogP contribution in [-0.2, 0) is 33.4 Å². The number of hydrogen-bond acceptors (Lipinski definition) is 8. The number of carbonyl (C=O) groups excluding carboxylic acids is 3. The third-order valence-corrected chi connectivity index (χ3v) is 4.97. The van der Waals surface area contributed by atoms with Crippen LogP contribution in [0.25, 0.3) is 0 Å². The first-order valence-electron chi connectivity index (χ1n) is 7.50. The van der Waals surface area contributed by atoms with Crippen LogP contribution in [0.3, 0.4) is 0 Å². The molecule has 0 bridgehead atoms. The zero-order valence-electron chi connectivity index (χ0n) is 14.0. The summed E-state index contributed by atoms with van der Waals surface area (Å²) in [6.45, 7) is 5.43. The third kappa shape index (κ3) is 6.03. The topological polar surface area (TPSA) is 116 Å². The second kappa shape index (κ2) is 8.91. The van der Waals surface area contributed by atoms with Gasteiger partial charge in [-0.05, 0) is 13.3 Å². The van der Waals surface area contributed by atoms with E-state index in [9.17, 15) is 19.2 Å². The van der Waals surface area contributed by atoms with Crippen molar-refractivity contribution in [2.45, 2.75) is 69.3 Å². The minimum atomic E-state index is -0.981. The maximum absolute atomic E-state index is 11.4. The summed E-state index contributed by atoms with van der Waals surface area (Å²) in [6.07, 6.45) is -2.55. The van der Waals surface area contributed by atoms with Gasteiger partial charge in [0.15, 0.2) is 18.3 Å². The largest absolute Gasteiger partial charge is 0.481 e. The molecule has 0 aromatic heterocycles. The highest BCUT2D eigenvalue weighted by Gasteiger charge is 2.49. The molecular weight excluding hydrogens is 340 g/mol. The standard InChI is InChI=1S/C15H22O8S/c1-7-13(21-8(2)16)15(23-10(4)18)14(22-9(3)17)11(24-7)5-6-12(19)20/h7,11,13-15H,5-6H2,1-4H3,(H,19,20)/t7-,11+,13+,14+,15+/m0/s1. The lowest BCUT2D eigenvalue weighted by molar-refractivity contribution is -0.184. The normalized spacial score (nSPS) is 29.4. The molecule has 0 aromatic carbocycles. The van der Waals surface area contributed by atoms with E-state index in [0.717, 1.165) is 0 Å². The van der Waals surface area contributed by atoms with Crippen molar-refractivity contribution in [3.63, 3.8) is 0 Å². The van der Waals surface area contributed by atoms with Crippen LogP contribution in [-0.4, -0.2) is 57.8 Å². The second-order valence-electron chi connectivity index (χ2n) is 5.53. The molecule has 8 nitrogen and oxygen atoms in total. The monoisotopic (exact) mass is 362 g/mol. The van der Waals surface area contributed by atoms with E-state index in [4.69, 9.17) is 19.3 Å². The quantitative estimate of drug-likeness (QED) is 0.548. The number of aliphatic carboxylic acids is 1. The number of hydrogen-bond donors (Lipinski definition) is 1. The number of thioether (sulfide) groups is 1. The lowest BCUT2D eigenvalue weighted by atomic mass is 9.98.